The molecule has 0 aromatic carbocycles. The van der Waals surface area contributed by atoms with Gasteiger partial charge in [-0.05, 0) is 18.9 Å². The predicted molar refractivity (Wildman–Crippen MR) is 44.0 cm³/mol. The summed E-state index contributed by atoms with van der Waals surface area (Å²) in [4.78, 5) is 10.6. The van der Waals surface area contributed by atoms with Crippen LogP contribution in [0.15, 0.2) is 12.7 Å². The third-order valence-corrected chi connectivity index (χ3v) is 1.91. The molecule has 10 heavy (non-hydrogen) atoms. The normalized spacial score (nSPS) is 9.30. The summed E-state index contributed by atoms with van der Waals surface area (Å²) in [5, 5.41) is 8.39. The summed E-state index contributed by atoms with van der Waals surface area (Å²) in [6.07, 6.45) is 2.97. The molecule has 0 saturated carbocycles. The van der Waals surface area contributed by atoms with Crippen molar-refractivity contribution < 1.29 is 9.90 Å². The molecule has 0 fully saturated rings. The monoisotopic (exact) mass is 160 g/mol. The Morgan fingerprint density at radius 1 is 1.60 bits per heavy atom. The first kappa shape index (κ1) is 9.72. The zero-order chi connectivity index (χ0) is 7.82. The smallest absolute Gasteiger partial charge is 0.211 e. The second-order valence-electron chi connectivity index (χ2n) is 1.80. The van der Waals surface area contributed by atoms with Crippen LogP contribution in [0.1, 0.15) is 12.8 Å². The first-order valence-electron chi connectivity index (χ1n) is 3.21. The number of carbonyl (C=O) groups is 1. The van der Waals surface area contributed by atoms with Crippen LogP contribution in [0.2, 0.25) is 0 Å². The van der Waals surface area contributed by atoms with Crippen LogP contribution in [0, 0.1) is 0 Å². The first-order chi connectivity index (χ1) is 4.81. The van der Waals surface area contributed by atoms with E-state index in [1.807, 2.05) is 0 Å². The summed E-state index contributed by atoms with van der Waals surface area (Å²) in [5.41, 5.74) is 0. The minimum Gasteiger partial charge on any atom is -0.396 e. The molecule has 0 heterocycles. The molecule has 0 atom stereocenters. The van der Waals surface area contributed by atoms with Crippen molar-refractivity contribution in [2.24, 2.45) is 0 Å². The maximum atomic E-state index is 10.6. The Balaban J connectivity index is 3.03. The Labute approximate surface area is 65.3 Å². The topological polar surface area (TPSA) is 37.3 Å². The molecule has 0 aliphatic heterocycles. The van der Waals surface area contributed by atoms with Crippen LogP contribution in [0.25, 0.3) is 0 Å². The van der Waals surface area contributed by atoms with Crippen LogP contribution >= 0.6 is 11.8 Å². The number of aliphatic hydroxyl groups is 1. The zero-order valence-electron chi connectivity index (χ0n) is 5.88. The fourth-order valence-corrected chi connectivity index (χ4v) is 1.11. The van der Waals surface area contributed by atoms with Crippen molar-refractivity contribution in [3.05, 3.63) is 12.7 Å². The van der Waals surface area contributed by atoms with E-state index in [4.69, 9.17) is 5.11 Å². The van der Waals surface area contributed by atoms with Gasteiger partial charge in [-0.3, -0.25) is 4.79 Å². The second kappa shape index (κ2) is 6.83. The van der Waals surface area contributed by atoms with Crippen LogP contribution < -0.4 is 0 Å². The number of thioether (sulfide) groups is 1. The summed E-state index contributed by atoms with van der Waals surface area (Å²) in [6, 6.07) is 0. The van der Waals surface area contributed by atoms with Crippen LogP contribution in [0.4, 0.5) is 0 Å². The molecule has 0 radical (unpaired) electrons. The van der Waals surface area contributed by atoms with Gasteiger partial charge in [-0.25, -0.2) is 0 Å². The third kappa shape index (κ3) is 5.85. The Morgan fingerprint density at radius 2 is 2.30 bits per heavy atom. The molecular weight excluding hydrogens is 148 g/mol. The molecule has 0 aromatic heterocycles. The molecule has 58 valence electrons. The highest BCUT2D eigenvalue weighted by Gasteiger charge is 1.94. The minimum atomic E-state index is 0.0120. The molecule has 0 aliphatic carbocycles. The lowest BCUT2D eigenvalue weighted by Gasteiger charge is -1.93. The molecule has 3 heteroatoms. The average molecular weight is 160 g/mol. The van der Waals surface area contributed by atoms with Gasteiger partial charge in [0.2, 0.25) is 5.12 Å². The van der Waals surface area contributed by atoms with Crippen molar-refractivity contribution in [1.29, 1.82) is 0 Å². The van der Waals surface area contributed by atoms with Gasteiger partial charge in [0, 0.05) is 12.4 Å². The molecule has 0 saturated heterocycles. The Bertz CT molecular complexity index is 112. The van der Waals surface area contributed by atoms with Crippen LogP contribution in [0.3, 0.4) is 0 Å². The summed E-state index contributed by atoms with van der Waals surface area (Å²) >= 11 is 1.25. The fourth-order valence-electron chi connectivity index (χ4n) is 0.446. The van der Waals surface area contributed by atoms with E-state index in [0.717, 1.165) is 18.6 Å². The highest BCUT2D eigenvalue weighted by atomic mass is 32.2. The zero-order valence-corrected chi connectivity index (χ0v) is 6.69. The molecule has 1 N–H and O–H groups in total. The van der Waals surface area contributed by atoms with Gasteiger partial charge in [-0.1, -0.05) is 18.3 Å². The van der Waals surface area contributed by atoms with Crippen molar-refractivity contribution in [2.75, 3.05) is 12.4 Å². The summed E-state index contributed by atoms with van der Waals surface area (Å²) in [5.74, 6) is 0.783. The Hall–Kier alpha value is -0.280. The van der Waals surface area contributed by atoms with Gasteiger partial charge in [-0.15, -0.1) is 0 Å². The van der Waals surface area contributed by atoms with Gasteiger partial charge >= 0.3 is 0 Å². The van der Waals surface area contributed by atoms with E-state index >= 15 is 0 Å². The van der Waals surface area contributed by atoms with Crippen molar-refractivity contribution in [3.8, 4) is 0 Å². The van der Waals surface area contributed by atoms with E-state index < -0.39 is 0 Å². The number of aliphatic hydroxyl groups excluding tert-OH is 1. The summed E-state index contributed by atoms with van der Waals surface area (Å²) in [6.45, 7) is 3.55. The number of hydrogen-bond donors (Lipinski definition) is 1. The minimum absolute atomic E-state index is 0.0120. The van der Waals surface area contributed by atoms with Crippen molar-refractivity contribution in [3.63, 3.8) is 0 Å². The molecule has 0 spiro atoms. The molecule has 0 aliphatic rings. The number of rotatable bonds is 5. The van der Waals surface area contributed by atoms with Gasteiger partial charge in [-0.2, -0.15) is 0 Å². The fraction of sp³-hybridized carbons (Fsp3) is 0.571. The van der Waals surface area contributed by atoms with Crippen molar-refractivity contribution in [2.45, 2.75) is 12.8 Å². The van der Waals surface area contributed by atoms with Crippen molar-refractivity contribution >= 4 is 16.9 Å². The first-order valence-corrected chi connectivity index (χ1v) is 4.20. The molecule has 0 rings (SSSR count). The van der Waals surface area contributed by atoms with E-state index in [1.54, 1.807) is 0 Å². The van der Waals surface area contributed by atoms with Gasteiger partial charge in [0.25, 0.3) is 0 Å². The van der Waals surface area contributed by atoms with E-state index in [-0.39, 0.29) is 11.7 Å². The lowest BCUT2D eigenvalue weighted by molar-refractivity contribution is -0.107. The molecule has 0 unspecified atom stereocenters. The Morgan fingerprint density at radius 3 is 2.80 bits per heavy atom. The van der Waals surface area contributed by atoms with E-state index in [2.05, 4.69) is 6.58 Å². The molecular formula is C7H12O2S. The molecule has 0 aromatic rings. The molecule has 2 nitrogen and oxygen atoms in total. The van der Waals surface area contributed by atoms with E-state index in [1.165, 1.54) is 17.8 Å². The lowest BCUT2D eigenvalue weighted by atomic mass is 10.4. The van der Waals surface area contributed by atoms with Crippen LogP contribution in [-0.2, 0) is 4.79 Å². The molecule has 0 bridgehead atoms. The number of carbonyl (C=O) groups excluding carboxylic acids is 1. The average Bonchev–Trinajstić information content (AvgIpc) is 1.98. The largest absolute Gasteiger partial charge is 0.396 e. The predicted octanol–water partition coefficient (Wildman–Crippen LogP) is 1.20. The summed E-state index contributed by atoms with van der Waals surface area (Å²) < 4.78 is 0. The molecule has 0 amide bonds. The SMILES string of the molecule is C=CC(=O)SCCCCO. The van der Waals surface area contributed by atoms with Gasteiger partial charge in [0.1, 0.15) is 0 Å². The number of unbranched alkanes of at least 4 members (excludes halogenated alkanes) is 1. The standard InChI is InChI=1S/C7H12O2S/c1-2-7(9)10-6-4-3-5-8/h2,8H,1,3-6H2. The van der Waals surface area contributed by atoms with Crippen LogP contribution in [-0.4, -0.2) is 22.6 Å². The number of hydrogen-bond acceptors (Lipinski definition) is 3. The maximum absolute atomic E-state index is 10.6. The summed E-state index contributed by atoms with van der Waals surface area (Å²) in [7, 11) is 0. The van der Waals surface area contributed by atoms with Gasteiger partial charge < -0.3 is 5.11 Å². The third-order valence-electron chi connectivity index (χ3n) is 0.963. The van der Waals surface area contributed by atoms with Gasteiger partial charge in [0.05, 0.1) is 0 Å². The maximum Gasteiger partial charge on any atom is 0.211 e. The highest BCUT2D eigenvalue weighted by molar-refractivity contribution is 8.14. The second-order valence-corrected chi connectivity index (χ2v) is 2.90. The van der Waals surface area contributed by atoms with E-state index in [0.29, 0.717) is 0 Å². The highest BCUT2D eigenvalue weighted by Crippen LogP contribution is 2.05. The van der Waals surface area contributed by atoms with Gasteiger partial charge in [0.15, 0.2) is 0 Å². The lowest BCUT2D eigenvalue weighted by Crippen LogP contribution is -1.89. The quantitative estimate of drug-likeness (QED) is 0.485. The Kier molecular flexibility index (Phi) is 6.64. The van der Waals surface area contributed by atoms with E-state index in [9.17, 15) is 4.79 Å². The van der Waals surface area contributed by atoms with Crippen LogP contribution in [0.5, 0.6) is 0 Å². The van der Waals surface area contributed by atoms with Crippen molar-refractivity contribution in [1.82, 2.24) is 0 Å².